The number of hydrogen-bond donors (Lipinski definition) is 1. The topological polar surface area (TPSA) is 46.5 Å². The molecule has 0 saturated carbocycles. The normalized spacial score (nSPS) is 10.3. The summed E-state index contributed by atoms with van der Waals surface area (Å²) in [7, 11) is 0. The van der Waals surface area contributed by atoms with Crippen molar-refractivity contribution in [2.75, 3.05) is 6.26 Å². The molecule has 0 bridgehead atoms. The molecule has 0 unspecified atom stereocenters. The van der Waals surface area contributed by atoms with Gasteiger partial charge in [-0.3, -0.25) is 0 Å². The van der Waals surface area contributed by atoms with Crippen LogP contribution in [-0.2, 0) is 11.3 Å². The third-order valence-corrected chi connectivity index (χ3v) is 3.94. The number of ether oxygens (including phenoxy) is 1. The van der Waals surface area contributed by atoms with Crippen LogP contribution in [0.2, 0.25) is 0 Å². The molecule has 0 aliphatic heterocycles. The van der Waals surface area contributed by atoms with Crippen LogP contribution in [0.5, 0.6) is 5.75 Å². The smallest absolute Gasteiger partial charge is 0.342 e. The average Bonchev–Trinajstić information content (AvgIpc) is 2.47. The molecule has 0 spiro atoms. The Morgan fingerprint density at radius 2 is 1.95 bits per heavy atom. The number of halogens is 1. The molecule has 0 aliphatic carbocycles. The summed E-state index contributed by atoms with van der Waals surface area (Å²) in [6, 6.07) is 12.4. The molecule has 0 saturated heterocycles. The maximum atomic E-state index is 11.9. The molecule has 1 N–H and O–H groups in total. The van der Waals surface area contributed by atoms with E-state index in [-0.39, 0.29) is 17.9 Å². The van der Waals surface area contributed by atoms with Crippen molar-refractivity contribution in [3.63, 3.8) is 0 Å². The van der Waals surface area contributed by atoms with Gasteiger partial charge >= 0.3 is 5.97 Å². The van der Waals surface area contributed by atoms with Gasteiger partial charge in [-0.1, -0.05) is 28.1 Å². The molecule has 0 aliphatic rings. The summed E-state index contributed by atoms with van der Waals surface area (Å²) in [5.41, 5.74) is 1.06. The maximum absolute atomic E-state index is 11.9. The van der Waals surface area contributed by atoms with Crippen molar-refractivity contribution in [2.45, 2.75) is 11.5 Å². The highest BCUT2D eigenvalue weighted by Gasteiger charge is 2.13. The van der Waals surface area contributed by atoms with E-state index in [2.05, 4.69) is 15.9 Å². The Morgan fingerprint density at radius 3 is 2.60 bits per heavy atom. The zero-order valence-corrected chi connectivity index (χ0v) is 13.2. The lowest BCUT2D eigenvalue weighted by molar-refractivity contribution is 0.0469. The number of carbonyl (C=O) groups is 1. The number of hydrogen-bond acceptors (Lipinski definition) is 4. The van der Waals surface area contributed by atoms with E-state index >= 15 is 0 Å². The summed E-state index contributed by atoms with van der Waals surface area (Å²) in [5, 5.41) is 9.65. The second-order valence-electron chi connectivity index (χ2n) is 4.09. The van der Waals surface area contributed by atoms with Crippen molar-refractivity contribution in [3.05, 3.63) is 58.1 Å². The van der Waals surface area contributed by atoms with E-state index in [1.54, 1.807) is 17.8 Å². The Hall–Kier alpha value is -1.46. The molecule has 0 radical (unpaired) electrons. The van der Waals surface area contributed by atoms with E-state index in [1.807, 2.05) is 30.5 Å². The van der Waals surface area contributed by atoms with Crippen molar-refractivity contribution >= 4 is 33.7 Å². The lowest BCUT2D eigenvalue weighted by atomic mass is 10.2. The van der Waals surface area contributed by atoms with Crippen LogP contribution in [-0.4, -0.2) is 17.3 Å². The Bertz CT molecular complexity index is 611. The summed E-state index contributed by atoms with van der Waals surface area (Å²) in [6.07, 6.45) is 2.01. The van der Waals surface area contributed by atoms with E-state index in [0.29, 0.717) is 4.47 Å². The van der Waals surface area contributed by atoms with Gasteiger partial charge in [0.25, 0.3) is 0 Å². The first-order chi connectivity index (χ1) is 9.60. The highest BCUT2D eigenvalue weighted by Crippen LogP contribution is 2.23. The van der Waals surface area contributed by atoms with E-state index in [1.165, 1.54) is 12.1 Å². The molecule has 3 nitrogen and oxygen atoms in total. The molecule has 0 aromatic heterocycles. The van der Waals surface area contributed by atoms with Gasteiger partial charge < -0.3 is 9.84 Å². The number of rotatable bonds is 4. The molecule has 2 aromatic rings. The Labute approximate surface area is 130 Å². The molecule has 0 atom stereocenters. The summed E-state index contributed by atoms with van der Waals surface area (Å²) in [6.45, 7) is 0.180. The monoisotopic (exact) mass is 352 g/mol. The summed E-state index contributed by atoms with van der Waals surface area (Å²) in [4.78, 5) is 13.1. The number of phenols is 1. The van der Waals surface area contributed by atoms with Crippen LogP contribution < -0.4 is 0 Å². The van der Waals surface area contributed by atoms with E-state index in [4.69, 9.17) is 4.74 Å². The second-order valence-corrected chi connectivity index (χ2v) is 5.88. The van der Waals surface area contributed by atoms with Crippen LogP contribution in [0, 0.1) is 0 Å². The molecule has 5 heteroatoms. The van der Waals surface area contributed by atoms with Gasteiger partial charge in [-0.05, 0) is 42.2 Å². The minimum atomic E-state index is -0.544. The first kappa shape index (κ1) is 14.9. The summed E-state index contributed by atoms with van der Waals surface area (Å²) >= 11 is 4.91. The molecular formula is C15H13BrO3S. The third kappa shape index (κ3) is 3.77. The van der Waals surface area contributed by atoms with Crippen LogP contribution in [0.3, 0.4) is 0 Å². The molecule has 20 heavy (non-hydrogen) atoms. The first-order valence-corrected chi connectivity index (χ1v) is 7.90. The van der Waals surface area contributed by atoms with Gasteiger partial charge in [0.1, 0.15) is 17.9 Å². The van der Waals surface area contributed by atoms with Crippen LogP contribution in [0.1, 0.15) is 15.9 Å². The molecule has 0 heterocycles. The van der Waals surface area contributed by atoms with Crippen molar-refractivity contribution in [1.82, 2.24) is 0 Å². The largest absolute Gasteiger partial charge is 0.507 e. The fraction of sp³-hybridized carbons (Fsp3) is 0.133. The zero-order valence-electron chi connectivity index (χ0n) is 10.8. The summed E-state index contributed by atoms with van der Waals surface area (Å²) < 4.78 is 5.91. The number of esters is 1. The minimum absolute atomic E-state index is 0.0871. The standard InChI is InChI=1S/C15H13BrO3S/c1-20-12-5-2-10(3-6-12)9-19-15(18)13-8-11(16)4-7-14(13)17/h2-8,17H,9H2,1H3. The Kier molecular flexibility index (Phi) is 5.09. The lowest BCUT2D eigenvalue weighted by Gasteiger charge is -2.07. The van der Waals surface area contributed by atoms with Crippen LogP contribution in [0.25, 0.3) is 0 Å². The fourth-order valence-electron chi connectivity index (χ4n) is 1.62. The van der Waals surface area contributed by atoms with Crippen LogP contribution >= 0.6 is 27.7 Å². The van der Waals surface area contributed by atoms with E-state index < -0.39 is 5.97 Å². The number of thioether (sulfide) groups is 1. The van der Waals surface area contributed by atoms with Crippen molar-refractivity contribution in [3.8, 4) is 5.75 Å². The SMILES string of the molecule is CSc1ccc(COC(=O)c2cc(Br)ccc2O)cc1. The molecular weight excluding hydrogens is 340 g/mol. The van der Waals surface area contributed by atoms with Crippen molar-refractivity contribution in [1.29, 1.82) is 0 Å². The average molecular weight is 353 g/mol. The van der Waals surface area contributed by atoms with Crippen LogP contribution in [0.15, 0.2) is 51.8 Å². The van der Waals surface area contributed by atoms with E-state index in [9.17, 15) is 9.90 Å². The van der Waals surface area contributed by atoms with Gasteiger partial charge in [0.2, 0.25) is 0 Å². The number of benzene rings is 2. The second kappa shape index (κ2) is 6.81. The molecule has 0 amide bonds. The third-order valence-electron chi connectivity index (χ3n) is 2.71. The van der Waals surface area contributed by atoms with Gasteiger partial charge in [-0.25, -0.2) is 4.79 Å². The van der Waals surface area contributed by atoms with Crippen molar-refractivity contribution < 1.29 is 14.6 Å². The highest BCUT2D eigenvalue weighted by molar-refractivity contribution is 9.10. The predicted octanol–water partition coefficient (Wildman–Crippen LogP) is 4.23. The molecule has 104 valence electrons. The molecule has 0 fully saturated rings. The summed E-state index contributed by atoms with van der Waals surface area (Å²) in [5.74, 6) is -0.631. The first-order valence-electron chi connectivity index (χ1n) is 5.88. The minimum Gasteiger partial charge on any atom is -0.507 e. The van der Waals surface area contributed by atoms with Gasteiger partial charge in [0, 0.05) is 9.37 Å². The Morgan fingerprint density at radius 1 is 1.25 bits per heavy atom. The van der Waals surface area contributed by atoms with Gasteiger partial charge in [0.05, 0.1) is 0 Å². The van der Waals surface area contributed by atoms with Crippen LogP contribution in [0.4, 0.5) is 0 Å². The fourth-order valence-corrected chi connectivity index (χ4v) is 2.39. The molecule has 2 aromatic carbocycles. The maximum Gasteiger partial charge on any atom is 0.342 e. The van der Waals surface area contributed by atoms with Gasteiger partial charge in [-0.2, -0.15) is 0 Å². The van der Waals surface area contributed by atoms with E-state index in [0.717, 1.165) is 10.5 Å². The number of phenolic OH excluding ortho intramolecular Hbond substituents is 1. The predicted molar refractivity (Wildman–Crippen MR) is 83.1 cm³/mol. The zero-order chi connectivity index (χ0) is 14.5. The number of aromatic hydroxyl groups is 1. The van der Waals surface area contributed by atoms with Crippen molar-refractivity contribution in [2.24, 2.45) is 0 Å². The lowest BCUT2D eigenvalue weighted by Crippen LogP contribution is -2.05. The number of carbonyl (C=O) groups excluding carboxylic acids is 1. The van der Waals surface area contributed by atoms with Gasteiger partial charge in [-0.15, -0.1) is 11.8 Å². The highest BCUT2D eigenvalue weighted by atomic mass is 79.9. The quantitative estimate of drug-likeness (QED) is 0.660. The Balaban J connectivity index is 2.02. The molecule has 2 rings (SSSR count). The van der Waals surface area contributed by atoms with Gasteiger partial charge in [0.15, 0.2) is 0 Å².